The number of likely N-dealkylation sites (tertiary alicyclic amines) is 1. The van der Waals surface area contributed by atoms with E-state index in [4.69, 9.17) is 0 Å². The molecular weight excluding hydrogens is 436 g/mol. The number of benzene rings is 1. The molecule has 0 saturated carbocycles. The minimum atomic E-state index is -3.59. The van der Waals surface area contributed by atoms with Gasteiger partial charge in [0.2, 0.25) is 15.9 Å². The van der Waals surface area contributed by atoms with Crippen molar-refractivity contribution in [2.24, 2.45) is 0 Å². The van der Waals surface area contributed by atoms with Crippen LogP contribution < -0.4 is 10.6 Å². The van der Waals surface area contributed by atoms with Crippen LogP contribution in [0.25, 0.3) is 0 Å². The average molecular weight is 465 g/mol. The third kappa shape index (κ3) is 5.91. The molecule has 0 spiro atoms. The molecule has 0 unspecified atom stereocenters. The maximum Gasteiger partial charge on any atom is 0.252 e. The number of rotatable bonds is 7. The molecular formula is C21H28N4O4S2. The van der Waals surface area contributed by atoms with Gasteiger partial charge < -0.3 is 10.6 Å². The number of aryl methyl sites for hydroxylation is 1. The van der Waals surface area contributed by atoms with E-state index in [-0.39, 0.29) is 29.3 Å². The van der Waals surface area contributed by atoms with Gasteiger partial charge in [0.1, 0.15) is 0 Å². The van der Waals surface area contributed by atoms with Gasteiger partial charge in [-0.25, -0.2) is 12.7 Å². The van der Waals surface area contributed by atoms with E-state index < -0.39 is 10.0 Å². The van der Waals surface area contributed by atoms with Gasteiger partial charge in [-0.2, -0.15) is 11.3 Å². The van der Waals surface area contributed by atoms with Crippen LogP contribution in [0.2, 0.25) is 0 Å². The fraction of sp³-hybridized carbons (Fsp3) is 0.429. The smallest absolute Gasteiger partial charge is 0.252 e. The van der Waals surface area contributed by atoms with Crippen LogP contribution in [0, 0.1) is 6.92 Å². The summed E-state index contributed by atoms with van der Waals surface area (Å²) >= 11 is 1.49. The number of nitrogens with one attached hydrogen (secondary N) is 2. The minimum absolute atomic E-state index is 0.0553. The standard InChI is InChI=1S/C21H28N4O4S2/c1-15-4-5-18(12-19(15)31(28,29)24(2)3)22-20(26)13-25-9-6-17(7-10-25)23-21(27)16-8-11-30-14-16/h4-5,8,11-12,14,17H,6-7,9-10,13H2,1-3H3,(H,22,26)(H,23,27). The molecule has 1 aromatic heterocycles. The molecule has 0 radical (unpaired) electrons. The van der Waals surface area contributed by atoms with Gasteiger partial charge in [-0.15, -0.1) is 0 Å². The Kier molecular flexibility index (Phi) is 7.47. The molecule has 168 valence electrons. The van der Waals surface area contributed by atoms with Crippen molar-refractivity contribution < 1.29 is 18.0 Å². The zero-order valence-electron chi connectivity index (χ0n) is 17.9. The fourth-order valence-corrected chi connectivity index (χ4v) is 5.23. The average Bonchev–Trinajstić information content (AvgIpc) is 3.25. The summed E-state index contributed by atoms with van der Waals surface area (Å²) in [6.45, 7) is 3.35. The van der Waals surface area contributed by atoms with Gasteiger partial charge >= 0.3 is 0 Å². The van der Waals surface area contributed by atoms with Crippen LogP contribution >= 0.6 is 11.3 Å². The molecule has 0 bridgehead atoms. The Morgan fingerprint density at radius 1 is 1.19 bits per heavy atom. The Morgan fingerprint density at radius 2 is 1.90 bits per heavy atom. The van der Waals surface area contributed by atoms with Crippen molar-refractivity contribution in [3.63, 3.8) is 0 Å². The molecule has 1 aromatic carbocycles. The first-order valence-electron chi connectivity index (χ1n) is 10.1. The number of nitrogens with zero attached hydrogens (tertiary/aromatic N) is 2. The van der Waals surface area contributed by atoms with Crippen LogP contribution in [0.3, 0.4) is 0 Å². The van der Waals surface area contributed by atoms with Crippen molar-refractivity contribution in [2.45, 2.75) is 30.7 Å². The first-order valence-corrected chi connectivity index (χ1v) is 12.4. The number of amides is 2. The van der Waals surface area contributed by atoms with Crippen LogP contribution in [-0.2, 0) is 14.8 Å². The SMILES string of the molecule is Cc1ccc(NC(=O)CN2CCC(NC(=O)c3ccsc3)CC2)cc1S(=O)(=O)N(C)C. The second kappa shape index (κ2) is 9.90. The van der Waals surface area contributed by atoms with E-state index in [1.54, 1.807) is 25.1 Å². The van der Waals surface area contributed by atoms with Gasteiger partial charge in [0, 0.05) is 49.9 Å². The first kappa shape index (κ1) is 23.4. The summed E-state index contributed by atoms with van der Waals surface area (Å²) in [5.74, 6) is -0.252. The van der Waals surface area contributed by atoms with Crippen molar-refractivity contribution in [1.29, 1.82) is 0 Å². The van der Waals surface area contributed by atoms with Crippen LogP contribution in [0.4, 0.5) is 5.69 Å². The lowest BCUT2D eigenvalue weighted by Gasteiger charge is -2.31. The van der Waals surface area contributed by atoms with Gasteiger partial charge in [-0.3, -0.25) is 14.5 Å². The summed E-state index contributed by atoms with van der Waals surface area (Å²) in [6.07, 6.45) is 1.55. The van der Waals surface area contributed by atoms with Crippen molar-refractivity contribution >= 4 is 38.9 Å². The predicted molar refractivity (Wildman–Crippen MR) is 122 cm³/mol. The Morgan fingerprint density at radius 3 is 2.52 bits per heavy atom. The van der Waals surface area contributed by atoms with Crippen LogP contribution in [0.1, 0.15) is 28.8 Å². The fourth-order valence-electron chi connectivity index (χ4n) is 3.45. The second-order valence-electron chi connectivity index (χ2n) is 7.85. The second-order valence-corrected chi connectivity index (χ2v) is 10.8. The van der Waals surface area contributed by atoms with Crippen LogP contribution in [-0.4, -0.2) is 69.2 Å². The number of hydrogen-bond acceptors (Lipinski definition) is 6. The summed E-state index contributed by atoms with van der Waals surface area (Å²) in [5, 5.41) is 9.55. The Bertz CT molecular complexity index is 1030. The Labute approximate surface area is 187 Å². The predicted octanol–water partition coefficient (Wildman–Crippen LogP) is 2.14. The van der Waals surface area contributed by atoms with Crippen molar-refractivity contribution in [1.82, 2.24) is 14.5 Å². The molecule has 1 fully saturated rings. The number of carbonyl (C=O) groups excluding carboxylic acids is 2. The highest BCUT2D eigenvalue weighted by atomic mass is 32.2. The van der Waals surface area contributed by atoms with E-state index >= 15 is 0 Å². The van der Waals surface area contributed by atoms with E-state index in [2.05, 4.69) is 10.6 Å². The Balaban J connectivity index is 1.51. The number of anilines is 1. The largest absolute Gasteiger partial charge is 0.349 e. The normalized spacial score (nSPS) is 15.7. The number of carbonyl (C=O) groups is 2. The highest BCUT2D eigenvalue weighted by Crippen LogP contribution is 2.22. The van der Waals surface area contributed by atoms with Gasteiger partial charge in [0.15, 0.2) is 0 Å². The summed E-state index contributed by atoms with van der Waals surface area (Å²) in [5.41, 5.74) is 1.76. The lowest BCUT2D eigenvalue weighted by Crippen LogP contribution is -2.46. The topological polar surface area (TPSA) is 98.8 Å². The Hall–Kier alpha value is -2.27. The number of sulfonamides is 1. The molecule has 3 rings (SSSR count). The molecule has 10 heteroatoms. The monoisotopic (exact) mass is 464 g/mol. The quantitative estimate of drug-likeness (QED) is 0.654. The molecule has 31 heavy (non-hydrogen) atoms. The summed E-state index contributed by atoms with van der Waals surface area (Å²) in [4.78, 5) is 26.9. The van der Waals surface area contributed by atoms with E-state index in [1.165, 1.54) is 31.5 Å². The maximum atomic E-state index is 12.5. The minimum Gasteiger partial charge on any atom is -0.349 e. The molecule has 2 N–H and O–H groups in total. The van der Waals surface area contributed by atoms with Crippen LogP contribution in [0.15, 0.2) is 39.9 Å². The summed E-state index contributed by atoms with van der Waals surface area (Å²) in [7, 11) is -0.631. The van der Waals surface area contributed by atoms with Gasteiger partial charge in [0.25, 0.3) is 5.91 Å². The van der Waals surface area contributed by atoms with Crippen molar-refractivity contribution in [3.05, 3.63) is 46.2 Å². The third-order valence-electron chi connectivity index (χ3n) is 5.30. The molecule has 1 aliphatic heterocycles. The summed E-state index contributed by atoms with van der Waals surface area (Å²) in [6, 6.07) is 6.79. The van der Waals surface area contributed by atoms with E-state index in [9.17, 15) is 18.0 Å². The zero-order chi connectivity index (χ0) is 22.6. The number of piperidine rings is 1. The third-order valence-corrected chi connectivity index (χ3v) is 7.94. The molecule has 1 aliphatic rings. The molecule has 8 nitrogen and oxygen atoms in total. The molecule has 1 saturated heterocycles. The van der Waals surface area contributed by atoms with Crippen molar-refractivity contribution in [3.8, 4) is 0 Å². The number of thiophene rings is 1. The lowest BCUT2D eigenvalue weighted by molar-refractivity contribution is -0.117. The first-order chi connectivity index (χ1) is 14.7. The van der Waals surface area contributed by atoms with E-state index in [0.29, 0.717) is 29.9 Å². The van der Waals surface area contributed by atoms with E-state index in [0.717, 1.165) is 17.1 Å². The molecule has 2 heterocycles. The van der Waals surface area contributed by atoms with Gasteiger partial charge in [-0.05, 0) is 48.9 Å². The van der Waals surface area contributed by atoms with Gasteiger partial charge in [0.05, 0.1) is 11.4 Å². The zero-order valence-corrected chi connectivity index (χ0v) is 19.6. The van der Waals surface area contributed by atoms with E-state index in [1.807, 2.05) is 15.7 Å². The highest BCUT2D eigenvalue weighted by Gasteiger charge is 2.23. The highest BCUT2D eigenvalue weighted by molar-refractivity contribution is 7.89. The number of hydrogen-bond donors (Lipinski definition) is 2. The maximum absolute atomic E-state index is 12.5. The van der Waals surface area contributed by atoms with Crippen molar-refractivity contribution in [2.75, 3.05) is 39.0 Å². The molecule has 0 atom stereocenters. The lowest BCUT2D eigenvalue weighted by atomic mass is 10.0. The van der Waals surface area contributed by atoms with Crippen LogP contribution in [0.5, 0.6) is 0 Å². The van der Waals surface area contributed by atoms with Gasteiger partial charge in [-0.1, -0.05) is 6.07 Å². The molecule has 0 aliphatic carbocycles. The summed E-state index contributed by atoms with van der Waals surface area (Å²) < 4.78 is 26.1. The molecule has 2 amide bonds. The molecule has 2 aromatic rings.